The summed E-state index contributed by atoms with van der Waals surface area (Å²) >= 11 is 6.86. The van der Waals surface area contributed by atoms with Gasteiger partial charge >= 0.3 is 0 Å². The molecule has 214 valence electrons. The summed E-state index contributed by atoms with van der Waals surface area (Å²) in [6.45, 7) is 7.77. The first kappa shape index (κ1) is 29.6. The van der Waals surface area contributed by atoms with Crippen LogP contribution in [-0.2, 0) is 13.2 Å². The summed E-state index contributed by atoms with van der Waals surface area (Å²) in [5.74, 6) is 2.38. The molecule has 7 nitrogen and oxygen atoms in total. The molecule has 4 rings (SSSR count). The predicted octanol–water partition coefficient (Wildman–Crippen LogP) is 6.37. The van der Waals surface area contributed by atoms with Crippen molar-refractivity contribution >= 4 is 17.5 Å². The number of nitrogens with zero attached hydrogens (tertiary/aromatic N) is 1. The third-order valence-electron chi connectivity index (χ3n) is 7.18. The number of amides is 1. The second kappa shape index (κ2) is 14.3. The van der Waals surface area contributed by atoms with Crippen LogP contribution in [0.4, 0.5) is 0 Å². The van der Waals surface area contributed by atoms with Crippen LogP contribution in [0.15, 0.2) is 60.7 Å². The van der Waals surface area contributed by atoms with E-state index in [1.807, 2.05) is 48.5 Å². The number of benzene rings is 3. The average Bonchev–Trinajstić information content (AvgIpc) is 3.49. The number of methoxy groups -OCH3 is 2. The normalized spacial score (nSPS) is 14.2. The molecule has 0 bridgehead atoms. The second-order valence-corrected chi connectivity index (χ2v) is 10.7. The summed E-state index contributed by atoms with van der Waals surface area (Å²) in [7, 11) is 3.26. The monoisotopic (exact) mass is 566 g/mol. The van der Waals surface area contributed by atoms with Crippen molar-refractivity contribution in [2.75, 3.05) is 33.9 Å². The van der Waals surface area contributed by atoms with Crippen LogP contribution in [0, 0.1) is 5.92 Å². The van der Waals surface area contributed by atoms with Crippen molar-refractivity contribution in [3.05, 3.63) is 82.4 Å². The van der Waals surface area contributed by atoms with E-state index in [9.17, 15) is 4.79 Å². The van der Waals surface area contributed by atoms with Gasteiger partial charge in [-0.05, 0) is 79.4 Å². The zero-order valence-electron chi connectivity index (χ0n) is 23.7. The van der Waals surface area contributed by atoms with Gasteiger partial charge in [0.2, 0.25) is 0 Å². The highest BCUT2D eigenvalue weighted by Gasteiger charge is 2.25. The molecule has 1 N–H and O–H groups in total. The number of ether oxygens (including phenoxy) is 4. The molecule has 8 heteroatoms. The van der Waals surface area contributed by atoms with Gasteiger partial charge in [0.1, 0.15) is 24.7 Å². The lowest BCUT2D eigenvalue weighted by Gasteiger charge is -2.27. The van der Waals surface area contributed by atoms with E-state index in [2.05, 4.69) is 24.1 Å². The molecule has 1 atom stereocenters. The Morgan fingerprint density at radius 3 is 1.93 bits per heavy atom. The molecule has 0 aliphatic carbocycles. The van der Waals surface area contributed by atoms with Crippen LogP contribution in [-0.4, -0.2) is 50.7 Å². The van der Waals surface area contributed by atoms with E-state index in [0.717, 1.165) is 42.3 Å². The van der Waals surface area contributed by atoms with E-state index in [1.165, 1.54) is 12.8 Å². The number of hydrogen-bond acceptors (Lipinski definition) is 6. The molecule has 0 radical (unpaired) electrons. The van der Waals surface area contributed by atoms with E-state index in [1.54, 1.807) is 26.4 Å². The van der Waals surface area contributed by atoms with Gasteiger partial charge in [-0.2, -0.15) is 0 Å². The molecule has 1 aliphatic rings. The second-order valence-electron chi connectivity index (χ2n) is 10.4. The molecule has 1 saturated heterocycles. The zero-order valence-corrected chi connectivity index (χ0v) is 24.5. The lowest BCUT2D eigenvalue weighted by atomic mass is 10.0. The van der Waals surface area contributed by atoms with Gasteiger partial charge in [0.05, 0.1) is 24.8 Å². The van der Waals surface area contributed by atoms with Gasteiger partial charge in [-0.15, -0.1) is 0 Å². The molecule has 1 amide bonds. The summed E-state index contributed by atoms with van der Waals surface area (Å²) in [4.78, 5) is 15.9. The highest BCUT2D eigenvalue weighted by Crippen LogP contribution is 2.39. The van der Waals surface area contributed by atoms with E-state index >= 15 is 0 Å². The number of nitrogens with one attached hydrogen (secondary N) is 1. The Balaban J connectivity index is 1.55. The average molecular weight is 567 g/mol. The summed E-state index contributed by atoms with van der Waals surface area (Å²) < 4.78 is 22.8. The predicted molar refractivity (Wildman–Crippen MR) is 158 cm³/mol. The quantitative estimate of drug-likeness (QED) is 0.259. The van der Waals surface area contributed by atoms with Crippen molar-refractivity contribution in [2.45, 2.75) is 45.9 Å². The van der Waals surface area contributed by atoms with Gasteiger partial charge in [-0.1, -0.05) is 49.7 Å². The first-order chi connectivity index (χ1) is 19.4. The number of halogens is 1. The maximum atomic E-state index is 13.5. The van der Waals surface area contributed by atoms with Crippen LogP contribution in [0.25, 0.3) is 0 Å². The fourth-order valence-electron chi connectivity index (χ4n) is 4.63. The Morgan fingerprint density at radius 2 is 1.40 bits per heavy atom. The van der Waals surface area contributed by atoms with Crippen molar-refractivity contribution < 1.29 is 23.7 Å². The van der Waals surface area contributed by atoms with E-state index in [0.29, 0.717) is 23.7 Å². The number of rotatable bonds is 13. The topological polar surface area (TPSA) is 69.3 Å². The zero-order chi connectivity index (χ0) is 28.5. The van der Waals surface area contributed by atoms with Gasteiger partial charge in [0.15, 0.2) is 11.5 Å². The standard InChI is InChI=1S/C32H39ClN2O5/c1-22(2)28(19-35-17-5-6-18-35)34-32(36)27-15-16-29(39-20-23-7-11-25(37-3)12-8-23)31(30(27)33)40-21-24-9-13-26(38-4)14-10-24/h7-16,22,28H,5-6,17-21H2,1-4H3,(H,34,36)/t28-/m1/s1. The smallest absolute Gasteiger partial charge is 0.253 e. The Morgan fingerprint density at radius 1 is 0.850 bits per heavy atom. The van der Waals surface area contributed by atoms with Crippen molar-refractivity contribution in [3.63, 3.8) is 0 Å². The van der Waals surface area contributed by atoms with Gasteiger partial charge in [0, 0.05) is 12.6 Å². The van der Waals surface area contributed by atoms with E-state index in [-0.39, 0.29) is 29.5 Å². The molecule has 1 fully saturated rings. The number of hydrogen-bond donors (Lipinski definition) is 1. The Hall–Kier alpha value is -3.42. The molecule has 0 saturated carbocycles. The van der Waals surface area contributed by atoms with Crippen molar-refractivity contribution in [2.24, 2.45) is 5.92 Å². The van der Waals surface area contributed by atoms with Crippen LogP contribution < -0.4 is 24.3 Å². The third kappa shape index (κ3) is 7.83. The highest BCUT2D eigenvalue weighted by atomic mass is 35.5. The summed E-state index contributed by atoms with van der Waals surface area (Å²) in [6, 6.07) is 18.7. The molecule has 0 spiro atoms. The maximum absolute atomic E-state index is 13.5. The first-order valence-electron chi connectivity index (χ1n) is 13.7. The van der Waals surface area contributed by atoms with Crippen LogP contribution in [0.5, 0.6) is 23.0 Å². The molecule has 40 heavy (non-hydrogen) atoms. The number of likely N-dealkylation sites (tertiary alicyclic amines) is 1. The van der Waals surface area contributed by atoms with Gasteiger partial charge in [0.25, 0.3) is 5.91 Å². The minimum atomic E-state index is -0.223. The van der Waals surface area contributed by atoms with Crippen LogP contribution in [0.3, 0.4) is 0 Å². The van der Waals surface area contributed by atoms with Crippen LogP contribution >= 0.6 is 11.6 Å². The van der Waals surface area contributed by atoms with Crippen molar-refractivity contribution in [1.82, 2.24) is 10.2 Å². The highest BCUT2D eigenvalue weighted by molar-refractivity contribution is 6.35. The van der Waals surface area contributed by atoms with Crippen LogP contribution in [0.1, 0.15) is 48.2 Å². The molecule has 3 aromatic rings. The molecule has 3 aromatic carbocycles. The Bertz CT molecular complexity index is 1240. The van der Waals surface area contributed by atoms with Gasteiger partial charge in [-0.25, -0.2) is 0 Å². The molecule has 0 aromatic heterocycles. The molecule has 0 unspecified atom stereocenters. The molecule has 1 aliphatic heterocycles. The van der Waals surface area contributed by atoms with Gasteiger partial charge < -0.3 is 29.2 Å². The Kier molecular flexibility index (Phi) is 10.6. The summed E-state index contributed by atoms with van der Waals surface area (Å²) in [5, 5.41) is 3.44. The third-order valence-corrected chi connectivity index (χ3v) is 7.55. The number of carbonyl (C=O) groups is 1. The fourth-order valence-corrected chi connectivity index (χ4v) is 4.93. The largest absolute Gasteiger partial charge is 0.497 e. The van der Waals surface area contributed by atoms with Crippen LogP contribution in [0.2, 0.25) is 5.02 Å². The van der Waals surface area contributed by atoms with Gasteiger partial charge in [-0.3, -0.25) is 4.79 Å². The lowest BCUT2D eigenvalue weighted by molar-refractivity contribution is 0.0912. The SMILES string of the molecule is COc1ccc(COc2ccc(C(=O)N[C@H](CN3CCCC3)C(C)C)c(Cl)c2OCc2ccc(OC)cc2)cc1. The molecule has 1 heterocycles. The maximum Gasteiger partial charge on any atom is 0.253 e. The Labute approximate surface area is 242 Å². The van der Waals surface area contributed by atoms with Crippen molar-refractivity contribution in [1.29, 1.82) is 0 Å². The molecular formula is C32H39ClN2O5. The molecular weight excluding hydrogens is 528 g/mol. The first-order valence-corrected chi connectivity index (χ1v) is 14.1. The minimum absolute atomic E-state index is 0.0105. The fraction of sp³-hybridized carbons (Fsp3) is 0.406. The minimum Gasteiger partial charge on any atom is -0.497 e. The summed E-state index contributed by atoms with van der Waals surface area (Å²) in [5.41, 5.74) is 2.25. The van der Waals surface area contributed by atoms with Crippen molar-refractivity contribution in [3.8, 4) is 23.0 Å². The van der Waals surface area contributed by atoms with E-state index < -0.39 is 0 Å². The summed E-state index contributed by atoms with van der Waals surface area (Å²) in [6.07, 6.45) is 2.41. The number of carbonyl (C=O) groups excluding carboxylic acids is 1. The van der Waals surface area contributed by atoms with E-state index in [4.69, 9.17) is 30.5 Å². The lowest BCUT2D eigenvalue weighted by Crippen LogP contribution is -2.46.